The molecule has 0 atom stereocenters. The smallest absolute Gasteiger partial charge is 0.163 e. The van der Waals surface area contributed by atoms with E-state index in [9.17, 15) is 4.79 Å². The molecule has 0 fully saturated rings. The van der Waals surface area contributed by atoms with Crippen LogP contribution in [0, 0.1) is 11.3 Å². The standard InChI is InChI=1S/C10H9BrN2O/c11-4-3-10(14)7-1-2-8(6-12)9(13)5-7/h1-2,5H,3-4,13H2. The van der Waals surface area contributed by atoms with E-state index in [0.29, 0.717) is 28.6 Å². The van der Waals surface area contributed by atoms with Crippen LogP contribution in [0.25, 0.3) is 0 Å². The summed E-state index contributed by atoms with van der Waals surface area (Å²) in [5.41, 5.74) is 6.89. The highest BCUT2D eigenvalue weighted by atomic mass is 79.9. The molecule has 0 saturated heterocycles. The van der Waals surface area contributed by atoms with Crippen LogP contribution in [0.1, 0.15) is 22.3 Å². The fraction of sp³-hybridized carbons (Fsp3) is 0.200. The van der Waals surface area contributed by atoms with Crippen molar-refractivity contribution in [3.63, 3.8) is 0 Å². The number of nitriles is 1. The summed E-state index contributed by atoms with van der Waals surface area (Å²) in [5.74, 6) is 0.0260. The molecule has 0 unspecified atom stereocenters. The first-order chi connectivity index (χ1) is 6.69. The van der Waals surface area contributed by atoms with Crippen molar-refractivity contribution in [2.24, 2.45) is 0 Å². The van der Waals surface area contributed by atoms with Gasteiger partial charge in [0.05, 0.1) is 11.3 Å². The molecule has 72 valence electrons. The molecule has 0 aromatic heterocycles. The average molecular weight is 253 g/mol. The Hall–Kier alpha value is -1.34. The number of halogens is 1. The number of hydrogen-bond acceptors (Lipinski definition) is 3. The first-order valence-electron chi connectivity index (χ1n) is 4.08. The Morgan fingerprint density at radius 2 is 2.29 bits per heavy atom. The number of nitrogens with two attached hydrogens (primary N) is 1. The molecule has 1 rings (SSSR count). The Labute approximate surface area is 90.7 Å². The molecule has 0 aliphatic carbocycles. The second-order valence-electron chi connectivity index (χ2n) is 2.78. The summed E-state index contributed by atoms with van der Waals surface area (Å²) in [6.45, 7) is 0. The van der Waals surface area contributed by atoms with Gasteiger partial charge in [-0.05, 0) is 18.2 Å². The van der Waals surface area contributed by atoms with Crippen molar-refractivity contribution in [1.82, 2.24) is 0 Å². The van der Waals surface area contributed by atoms with Gasteiger partial charge in [0.2, 0.25) is 0 Å². The number of hydrogen-bond donors (Lipinski definition) is 1. The number of carbonyl (C=O) groups is 1. The van der Waals surface area contributed by atoms with E-state index in [-0.39, 0.29) is 5.78 Å². The van der Waals surface area contributed by atoms with Crippen molar-refractivity contribution in [1.29, 1.82) is 5.26 Å². The minimum absolute atomic E-state index is 0.0260. The highest BCUT2D eigenvalue weighted by molar-refractivity contribution is 9.09. The zero-order valence-corrected chi connectivity index (χ0v) is 9.04. The maximum absolute atomic E-state index is 11.4. The first-order valence-corrected chi connectivity index (χ1v) is 5.20. The van der Waals surface area contributed by atoms with Crippen molar-refractivity contribution >= 4 is 27.4 Å². The van der Waals surface area contributed by atoms with E-state index >= 15 is 0 Å². The number of nitrogens with zero attached hydrogens (tertiary/aromatic N) is 1. The summed E-state index contributed by atoms with van der Waals surface area (Å²) in [7, 11) is 0. The van der Waals surface area contributed by atoms with E-state index in [0.717, 1.165) is 0 Å². The van der Waals surface area contributed by atoms with Gasteiger partial charge in [0.1, 0.15) is 6.07 Å². The number of Topliss-reactive ketones (excluding diaryl/α,β-unsaturated/α-hetero) is 1. The summed E-state index contributed by atoms with van der Waals surface area (Å²) in [6.07, 6.45) is 0.436. The van der Waals surface area contributed by atoms with Crippen molar-refractivity contribution in [2.75, 3.05) is 11.1 Å². The van der Waals surface area contributed by atoms with Crippen molar-refractivity contribution in [3.8, 4) is 6.07 Å². The van der Waals surface area contributed by atoms with Crippen LogP contribution in [-0.4, -0.2) is 11.1 Å². The number of rotatable bonds is 3. The summed E-state index contributed by atoms with van der Waals surface area (Å²) >= 11 is 3.19. The molecule has 0 aliphatic rings. The van der Waals surface area contributed by atoms with Crippen LogP contribution in [0.5, 0.6) is 0 Å². The van der Waals surface area contributed by atoms with Gasteiger partial charge in [-0.25, -0.2) is 0 Å². The second-order valence-corrected chi connectivity index (χ2v) is 3.57. The van der Waals surface area contributed by atoms with E-state index in [1.54, 1.807) is 18.2 Å². The quantitative estimate of drug-likeness (QED) is 0.509. The number of anilines is 1. The minimum atomic E-state index is 0.0260. The van der Waals surface area contributed by atoms with E-state index in [4.69, 9.17) is 11.0 Å². The van der Waals surface area contributed by atoms with Crippen molar-refractivity contribution in [3.05, 3.63) is 29.3 Å². The van der Waals surface area contributed by atoms with E-state index in [1.165, 1.54) is 0 Å². The Balaban J connectivity index is 2.98. The Bertz CT molecular complexity index is 396. The highest BCUT2D eigenvalue weighted by Crippen LogP contribution is 2.14. The topological polar surface area (TPSA) is 66.9 Å². The fourth-order valence-corrected chi connectivity index (χ4v) is 1.43. The van der Waals surface area contributed by atoms with E-state index in [2.05, 4.69) is 15.9 Å². The van der Waals surface area contributed by atoms with Crippen LogP contribution in [0.2, 0.25) is 0 Å². The Kier molecular flexibility index (Phi) is 3.66. The SMILES string of the molecule is N#Cc1ccc(C(=O)CCBr)cc1N. The number of ketones is 1. The van der Waals surface area contributed by atoms with Crippen LogP contribution in [0.3, 0.4) is 0 Å². The molecule has 0 heterocycles. The molecular weight excluding hydrogens is 244 g/mol. The van der Waals surface area contributed by atoms with Gasteiger partial charge in [0, 0.05) is 17.3 Å². The molecular formula is C10H9BrN2O. The average Bonchev–Trinajstić information content (AvgIpc) is 2.18. The van der Waals surface area contributed by atoms with Gasteiger partial charge in [0.25, 0.3) is 0 Å². The van der Waals surface area contributed by atoms with Crippen LogP contribution in [0.15, 0.2) is 18.2 Å². The lowest BCUT2D eigenvalue weighted by molar-refractivity contribution is 0.0990. The minimum Gasteiger partial charge on any atom is -0.398 e. The van der Waals surface area contributed by atoms with E-state index < -0.39 is 0 Å². The molecule has 2 N–H and O–H groups in total. The third kappa shape index (κ3) is 2.33. The molecule has 0 saturated carbocycles. The molecule has 0 aliphatic heterocycles. The van der Waals surface area contributed by atoms with Crippen molar-refractivity contribution < 1.29 is 4.79 Å². The van der Waals surface area contributed by atoms with Gasteiger partial charge in [-0.1, -0.05) is 15.9 Å². The fourth-order valence-electron chi connectivity index (χ4n) is 1.07. The Morgan fingerprint density at radius 1 is 1.57 bits per heavy atom. The lowest BCUT2D eigenvalue weighted by atomic mass is 10.1. The summed E-state index contributed by atoms with van der Waals surface area (Å²) in [6, 6.07) is 6.68. The molecule has 3 nitrogen and oxygen atoms in total. The van der Waals surface area contributed by atoms with Crippen LogP contribution in [-0.2, 0) is 0 Å². The summed E-state index contributed by atoms with van der Waals surface area (Å²) in [5, 5.41) is 9.26. The molecule has 4 heteroatoms. The van der Waals surface area contributed by atoms with E-state index in [1.807, 2.05) is 6.07 Å². The lowest BCUT2D eigenvalue weighted by Gasteiger charge is -2.01. The number of nitrogen functional groups attached to an aromatic ring is 1. The van der Waals surface area contributed by atoms with Gasteiger partial charge in [0.15, 0.2) is 5.78 Å². The maximum Gasteiger partial charge on any atom is 0.163 e. The maximum atomic E-state index is 11.4. The van der Waals surface area contributed by atoms with Crippen LogP contribution in [0.4, 0.5) is 5.69 Å². The molecule has 0 bridgehead atoms. The predicted molar refractivity (Wildman–Crippen MR) is 58.3 cm³/mol. The molecule has 0 amide bonds. The molecule has 0 radical (unpaired) electrons. The molecule has 14 heavy (non-hydrogen) atoms. The monoisotopic (exact) mass is 252 g/mol. The zero-order valence-electron chi connectivity index (χ0n) is 7.46. The van der Waals surface area contributed by atoms with Gasteiger partial charge in [-0.3, -0.25) is 4.79 Å². The molecule has 1 aromatic carbocycles. The van der Waals surface area contributed by atoms with Gasteiger partial charge >= 0.3 is 0 Å². The normalized spacial score (nSPS) is 9.43. The third-order valence-corrected chi connectivity index (χ3v) is 2.21. The van der Waals surface area contributed by atoms with Crippen LogP contribution < -0.4 is 5.73 Å². The predicted octanol–water partition coefficient (Wildman–Crippen LogP) is 2.11. The Morgan fingerprint density at radius 3 is 2.79 bits per heavy atom. The largest absolute Gasteiger partial charge is 0.398 e. The lowest BCUT2D eigenvalue weighted by Crippen LogP contribution is -2.01. The molecule has 1 aromatic rings. The molecule has 0 spiro atoms. The van der Waals surface area contributed by atoms with Gasteiger partial charge in [-0.15, -0.1) is 0 Å². The van der Waals surface area contributed by atoms with Crippen LogP contribution >= 0.6 is 15.9 Å². The number of benzene rings is 1. The third-order valence-electron chi connectivity index (χ3n) is 1.82. The first kappa shape index (κ1) is 10.7. The number of alkyl halides is 1. The number of carbonyl (C=O) groups excluding carboxylic acids is 1. The van der Waals surface area contributed by atoms with Crippen molar-refractivity contribution in [2.45, 2.75) is 6.42 Å². The summed E-state index contributed by atoms with van der Waals surface area (Å²) in [4.78, 5) is 11.4. The zero-order chi connectivity index (χ0) is 10.6. The summed E-state index contributed by atoms with van der Waals surface area (Å²) < 4.78 is 0. The highest BCUT2D eigenvalue weighted by Gasteiger charge is 2.06. The second kappa shape index (κ2) is 4.77. The van der Waals surface area contributed by atoms with Gasteiger partial charge < -0.3 is 5.73 Å². The van der Waals surface area contributed by atoms with Gasteiger partial charge in [-0.2, -0.15) is 5.26 Å².